The van der Waals surface area contributed by atoms with Gasteiger partial charge in [0.25, 0.3) is 0 Å². The molecule has 0 amide bonds. The van der Waals surface area contributed by atoms with Gasteiger partial charge in [-0.15, -0.1) is 11.3 Å². The van der Waals surface area contributed by atoms with E-state index in [2.05, 4.69) is 29.2 Å². The minimum Gasteiger partial charge on any atom is -0.456 e. The Labute approximate surface area is 147 Å². The summed E-state index contributed by atoms with van der Waals surface area (Å²) in [5.74, 6) is -0.297. The third-order valence-electron chi connectivity index (χ3n) is 4.02. The fourth-order valence-electron chi connectivity index (χ4n) is 3.01. The largest absolute Gasteiger partial charge is 0.456 e. The van der Waals surface area contributed by atoms with E-state index in [0.29, 0.717) is 10.6 Å². The Morgan fingerprint density at radius 3 is 2.67 bits per heavy atom. The number of hydrogen-bond donors (Lipinski definition) is 1. The van der Waals surface area contributed by atoms with Crippen LogP contribution in [0, 0.1) is 0 Å². The van der Waals surface area contributed by atoms with Crippen LogP contribution in [0.15, 0.2) is 30.3 Å². The van der Waals surface area contributed by atoms with Crippen molar-refractivity contribution < 1.29 is 9.53 Å². The second-order valence-corrected chi connectivity index (χ2v) is 8.33. The molecule has 0 bridgehead atoms. The Morgan fingerprint density at radius 2 is 2.00 bits per heavy atom. The number of nitrogen functional groups attached to an aromatic ring is 1. The molecule has 128 valence electrons. The molecule has 1 aromatic heterocycles. The Balaban J connectivity index is 1.77. The second kappa shape index (κ2) is 6.57. The fraction of sp³-hybridized carbons (Fsp3) is 0.421. The van der Waals surface area contributed by atoms with Crippen LogP contribution < -0.4 is 5.73 Å². The van der Waals surface area contributed by atoms with Crippen LogP contribution in [-0.4, -0.2) is 23.0 Å². The number of fused-ring (bicyclic) bond motifs is 1. The van der Waals surface area contributed by atoms with Crippen LogP contribution in [0.2, 0.25) is 0 Å². The van der Waals surface area contributed by atoms with Crippen molar-refractivity contribution in [3.63, 3.8) is 0 Å². The molecule has 0 spiro atoms. The first-order chi connectivity index (χ1) is 11.3. The summed E-state index contributed by atoms with van der Waals surface area (Å²) in [7, 11) is 0. The van der Waals surface area contributed by atoms with Gasteiger partial charge in [0, 0.05) is 24.5 Å². The zero-order chi connectivity index (χ0) is 17.3. The molecule has 4 nitrogen and oxygen atoms in total. The van der Waals surface area contributed by atoms with Crippen molar-refractivity contribution in [1.29, 1.82) is 0 Å². The van der Waals surface area contributed by atoms with Gasteiger partial charge < -0.3 is 10.5 Å². The van der Waals surface area contributed by atoms with Crippen LogP contribution in [0.4, 0.5) is 5.00 Å². The monoisotopic (exact) mass is 344 g/mol. The molecule has 1 aromatic carbocycles. The quantitative estimate of drug-likeness (QED) is 0.860. The van der Waals surface area contributed by atoms with E-state index in [0.717, 1.165) is 31.6 Å². The maximum Gasteiger partial charge on any atom is 0.341 e. The molecule has 0 aliphatic carbocycles. The molecular weight excluding hydrogens is 320 g/mol. The van der Waals surface area contributed by atoms with Crippen LogP contribution >= 0.6 is 11.3 Å². The van der Waals surface area contributed by atoms with Crippen molar-refractivity contribution >= 4 is 22.3 Å². The van der Waals surface area contributed by atoms with E-state index >= 15 is 0 Å². The first kappa shape index (κ1) is 17.0. The highest BCUT2D eigenvalue weighted by Gasteiger charge is 2.29. The molecule has 3 rings (SSSR count). The van der Waals surface area contributed by atoms with Gasteiger partial charge in [0.05, 0.1) is 5.56 Å². The van der Waals surface area contributed by atoms with Gasteiger partial charge in [-0.2, -0.15) is 0 Å². The smallest absolute Gasteiger partial charge is 0.341 e. The summed E-state index contributed by atoms with van der Waals surface area (Å²) in [5.41, 5.74) is 8.60. The lowest BCUT2D eigenvalue weighted by Gasteiger charge is -2.27. The molecule has 0 radical (unpaired) electrons. The number of benzene rings is 1. The van der Waals surface area contributed by atoms with Gasteiger partial charge in [0.15, 0.2) is 0 Å². The lowest BCUT2D eigenvalue weighted by molar-refractivity contribution is 0.00695. The highest BCUT2D eigenvalue weighted by Crippen LogP contribution is 2.36. The molecule has 2 aromatic rings. The summed E-state index contributed by atoms with van der Waals surface area (Å²) in [6.07, 6.45) is 0.838. The van der Waals surface area contributed by atoms with Gasteiger partial charge in [0.2, 0.25) is 0 Å². The molecule has 1 aliphatic rings. The standard InChI is InChI=1S/C19H24N2O2S/c1-19(2,3)23-18(22)16-14-9-10-21(12-15(14)24-17(16)20)11-13-7-5-4-6-8-13/h4-8H,9-12,20H2,1-3H3. The molecule has 5 heteroatoms. The summed E-state index contributed by atoms with van der Waals surface area (Å²) in [5, 5.41) is 0.579. The summed E-state index contributed by atoms with van der Waals surface area (Å²) in [6.45, 7) is 8.31. The normalized spacial score (nSPS) is 15.1. The lowest BCUT2D eigenvalue weighted by Crippen LogP contribution is -2.30. The average molecular weight is 344 g/mol. The first-order valence-electron chi connectivity index (χ1n) is 8.23. The molecular formula is C19H24N2O2S. The number of thiophene rings is 1. The number of esters is 1. The Hall–Kier alpha value is -1.85. The third kappa shape index (κ3) is 3.79. The van der Waals surface area contributed by atoms with Gasteiger partial charge in [-0.05, 0) is 38.3 Å². The predicted octanol–water partition coefficient (Wildman–Crippen LogP) is 3.84. The highest BCUT2D eigenvalue weighted by atomic mass is 32.1. The average Bonchev–Trinajstić information content (AvgIpc) is 2.81. The maximum atomic E-state index is 12.5. The number of carbonyl (C=O) groups excluding carboxylic acids is 1. The van der Waals surface area contributed by atoms with Crippen LogP contribution in [0.1, 0.15) is 47.1 Å². The van der Waals surface area contributed by atoms with Crippen molar-refractivity contribution in [2.24, 2.45) is 0 Å². The van der Waals surface area contributed by atoms with E-state index in [1.54, 1.807) is 0 Å². The first-order valence-corrected chi connectivity index (χ1v) is 9.05. The van der Waals surface area contributed by atoms with Gasteiger partial charge >= 0.3 is 5.97 Å². The van der Waals surface area contributed by atoms with Crippen molar-refractivity contribution in [3.8, 4) is 0 Å². The van der Waals surface area contributed by atoms with Crippen LogP contribution in [0.25, 0.3) is 0 Å². The van der Waals surface area contributed by atoms with E-state index in [1.807, 2.05) is 26.8 Å². The summed E-state index contributed by atoms with van der Waals surface area (Å²) in [4.78, 5) is 16.1. The van der Waals surface area contributed by atoms with Gasteiger partial charge in [-0.1, -0.05) is 30.3 Å². The maximum absolute atomic E-state index is 12.5. The zero-order valence-electron chi connectivity index (χ0n) is 14.5. The lowest BCUT2D eigenvalue weighted by atomic mass is 10.0. The van der Waals surface area contributed by atoms with Gasteiger partial charge in [-0.25, -0.2) is 4.79 Å². The minimum absolute atomic E-state index is 0.297. The van der Waals surface area contributed by atoms with Crippen molar-refractivity contribution in [2.75, 3.05) is 12.3 Å². The zero-order valence-corrected chi connectivity index (χ0v) is 15.3. The van der Waals surface area contributed by atoms with E-state index in [4.69, 9.17) is 10.5 Å². The topological polar surface area (TPSA) is 55.6 Å². The predicted molar refractivity (Wildman–Crippen MR) is 98.2 cm³/mol. The fourth-order valence-corrected chi connectivity index (χ4v) is 4.16. The molecule has 24 heavy (non-hydrogen) atoms. The number of nitrogens with zero attached hydrogens (tertiary/aromatic N) is 1. The van der Waals surface area contributed by atoms with Crippen molar-refractivity contribution in [1.82, 2.24) is 4.90 Å². The van der Waals surface area contributed by atoms with E-state index in [9.17, 15) is 4.79 Å². The Morgan fingerprint density at radius 1 is 1.29 bits per heavy atom. The highest BCUT2D eigenvalue weighted by molar-refractivity contribution is 7.16. The van der Waals surface area contributed by atoms with E-state index in [-0.39, 0.29) is 5.97 Å². The number of carbonyl (C=O) groups is 1. The molecule has 2 heterocycles. The summed E-state index contributed by atoms with van der Waals surface area (Å²) in [6, 6.07) is 10.4. The molecule has 0 saturated carbocycles. The number of ether oxygens (including phenoxy) is 1. The molecule has 2 N–H and O–H groups in total. The third-order valence-corrected chi connectivity index (χ3v) is 5.06. The molecule has 0 unspecified atom stereocenters. The Kier molecular flexibility index (Phi) is 4.65. The summed E-state index contributed by atoms with van der Waals surface area (Å²) >= 11 is 1.52. The minimum atomic E-state index is -0.508. The molecule has 1 aliphatic heterocycles. The van der Waals surface area contributed by atoms with E-state index < -0.39 is 5.60 Å². The SMILES string of the molecule is CC(C)(C)OC(=O)c1c(N)sc2c1CCN(Cc1ccccc1)C2. The second-order valence-electron chi connectivity index (χ2n) is 7.19. The number of hydrogen-bond acceptors (Lipinski definition) is 5. The van der Waals surface area contributed by atoms with Crippen molar-refractivity contribution in [3.05, 3.63) is 51.9 Å². The number of nitrogens with two attached hydrogens (primary N) is 1. The molecule has 0 saturated heterocycles. The summed E-state index contributed by atoms with van der Waals surface area (Å²) < 4.78 is 5.53. The molecule has 0 atom stereocenters. The van der Waals surface area contributed by atoms with Gasteiger partial charge in [0.1, 0.15) is 10.6 Å². The van der Waals surface area contributed by atoms with Crippen LogP contribution in [0.5, 0.6) is 0 Å². The van der Waals surface area contributed by atoms with Crippen LogP contribution in [-0.2, 0) is 24.2 Å². The Bertz CT molecular complexity index is 732. The molecule has 0 fully saturated rings. The number of anilines is 1. The van der Waals surface area contributed by atoms with Crippen molar-refractivity contribution in [2.45, 2.75) is 45.9 Å². The van der Waals surface area contributed by atoms with E-state index in [1.165, 1.54) is 21.8 Å². The van der Waals surface area contributed by atoms with Gasteiger partial charge in [-0.3, -0.25) is 4.90 Å². The number of rotatable bonds is 3. The van der Waals surface area contributed by atoms with Crippen LogP contribution in [0.3, 0.4) is 0 Å².